The van der Waals surface area contributed by atoms with E-state index in [9.17, 15) is 4.79 Å². The lowest BCUT2D eigenvalue weighted by Crippen LogP contribution is -2.12. The average molecular weight is 272 g/mol. The topological polar surface area (TPSA) is 64.1 Å². The molecule has 6 heteroatoms. The van der Waals surface area contributed by atoms with E-state index in [1.807, 2.05) is 0 Å². The van der Waals surface area contributed by atoms with E-state index in [1.165, 1.54) is 0 Å². The van der Waals surface area contributed by atoms with Crippen molar-refractivity contribution in [3.8, 4) is 0 Å². The summed E-state index contributed by atoms with van der Waals surface area (Å²) in [5.74, 6) is 1.13. The highest BCUT2D eigenvalue weighted by Crippen LogP contribution is 2.12. The van der Waals surface area contributed by atoms with Crippen LogP contribution in [-0.2, 0) is 16.0 Å². The van der Waals surface area contributed by atoms with Crippen LogP contribution in [0.15, 0.2) is 6.07 Å². The van der Waals surface area contributed by atoms with Gasteiger partial charge < -0.3 is 10.1 Å². The van der Waals surface area contributed by atoms with Gasteiger partial charge in [-0.1, -0.05) is 18.5 Å². The molecule has 0 aliphatic carbocycles. The number of rotatable bonds is 7. The Kier molecular flexibility index (Phi) is 6.43. The smallest absolute Gasteiger partial charge is 0.307 e. The average Bonchev–Trinajstić information content (AvgIpc) is 2.29. The fourth-order valence-corrected chi connectivity index (χ4v) is 1.62. The SMILES string of the molecule is CCCc1nc(Cl)cc(NCCC(=O)OCC)n1. The Balaban J connectivity index is 2.48. The Morgan fingerprint density at radius 2 is 2.22 bits per heavy atom. The minimum absolute atomic E-state index is 0.223. The molecule has 1 N–H and O–H groups in total. The van der Waals surface area contributed by atoms with Gasteiger partial charge in [0.2, 0.25) is 0 Å². The maximum absolute atomic E-state index is 11.1. The molecule has 0 unspecified atom stereocenters. The molecule has 0 spiro atoms. The van der Waals surface area contributed by atoms with E-state index in [-0.39, 0.29) is 5.97 Å². The largest absolute Gasteiger partial charge is 0.466 e. The summed E-state index contributed by atoms with van der Waals surface area (Å²) in [6.07, 6.45) is 2.05. The van der Waals surface area contributed by atoms with Crippen LogP contribution in [0.1, 0.15) is 32.5 Å². The molecular formula is C12H18ClN3O2. The van der Waals surface area contributed by atoms with Crippen molar-refractivity contribution >= 4 is 23.4 Å². The second-order valence-electron chi connectivity index (χ2n) is 3.72. The predicted molar refractivity (Wildman–Crippen MR) is 70.8 cm³/mol. The van der Waals surface area contributed by atoms with Crippen LogP contribution < -0.4 is 5.32 Å². The van der Waals surface area contributed by atoms with Crippen LogP contribution in [0.3, 0.4) is 0 Å². The third-order valence-electron chi connectivity index (χ3n) is 2.16. The minimum atomic E-state index is -0.223. The zero-order valence-corrected chi connectivity index (χ0v) is 11.5. The van der Waals surface area contributed by atoms with Crippen LogP contribution in [0.25, 0.3) is 0 Å². The molecule has 0 saturated carbocycles. The first-order chi connectivity index (χ1) is 8.65. The van der Waals surface area contributed by atoms with Crippen LogP contribution in [0.2, 0.25) is 5.15 Å². The molecule has 0 fully saturated rings. The summed E-state index contributed by atoms with van der Waals surface area (Å²) in [7, 11) is 0. The number of esters is 1. The number of hydrogen-bond acceptors (Lipinski definition) is 5. The first-order valence-electron chi connectivity index (χ1n) is 6.08. The third kappa shape index (κ3) is 5.31. The Morgan fingerprint density at radius 3 is 2.89 bits per heavy atom. The first kappa shape index (κ1) is 14.7. The summed E-state index contributed by atoms with van der Waals surface area (Å²) in [6, 6.07) is 1.64. The van der Waals surface area contributed by atoms with E-state index in [1.54, 1.807) is 13.0 Å². The Hall–Kier alpha value is -1.36. The van der Waals surface area contributed by atoms with Crippen LogP contribution in [0.4, 0.5) is 5.82 Å². The molecule has 5 nitrogen and oxygen atoms in total. The molecule has 0 aromatic carbocycles. The van der Waals surface area contributed by atoms with Gasteiger partial charge in [-0.05, 0) is 13.3 Å². The van der Waals surface area contributed by atoms with Gasteiger partial charge in [0.1, 0.15) is 16.8 Å². The number of aryl methyl sites for hydroxylation is 1. The van der Waals surface area contributed by atoms with Crippen molar-refractivity contribution in [1.29, 1.82) is 0 Å². The van der Waals surface area contributed by atoms with Crippen LogP contribution in [-0.4, -0.2) is 29.1 Å². The molecule has 0 aliphatic rings. The zero-order valence-electron chi connectivity index (χ0n) is 10.7. The van der Waals surface area contributed by atoms with Crippen molar-refractivity contribution < 1.29 is 9.53 Å². The van der Waals surface area contributed by atoms with E-state index in [0.717, 1.165) is 12.8 Å². The number of hydrogen-bond donors (Lipinski definition) is 1. The third-order valence-corrected chi connectivity index (χ3v) is 2.35. The molecule has 1 aromatic rings. The van der Waals surface area contributed by atoms with Gasteiger partial charge in [-0.2, -0.15) is 0 Å². The standard InChI is InChI=1S/C12H18ClN3O2/c1-3-5-10-15-9(13)8-11(16-10)14-7-6-12(17)18-4-2/h8H,3-7H2,1-2H3,(H,14,15,16). The molecule has 0 bridgehead atoms. The van der Waals surface area contributed by atoms with Gasteiger partial charge in [-0.25, -0.2) is 9.97 Å². The van der Waals surface area contributed by atoms with E-state index < -0.39 is 0 Å². The van der Waals surface area contributed by atoms with E-state index in [0.29, 0.717) is 36.4 Å². The molecule has 0 saturated heterocycles. The summed E-state index contributed by atoms with van der Waals surface area (Å²) in [5, 5.41) is 3.45. The number of nitrogens with zero attached hydrogens (tertiary/aromatic N) is 2. The zero-order chi connectivity index (χ0) is 13.4. The van der Waals surface area contributed by atoms with Crippen molar-refractivity contribution in [3.05, 3.63) is 17.0 Å². The van der Waals surface area contributed by atoms with Gasteiger partial charge in [0, 0.05) is 19.0 Å². The van der Waals surface area contributed by atoms with Crippen molar-refractivity contribution in [3.63, 3.8) is 0 Å². The van der Waals surface area contributed by atoms with Gasteiger partial charge in [-0.3, -0.25) is 4.79 Å². The predicted octanol–water partition coefficient (Wildman–Crippen LogP) is 2.45. The minimum Gasteiger partial charge on any atom is -0.466 e. The summed E-state index contributed by atoms with van der Waals surface area (Å²) >= 11 is 5.89. The number of carbonyl (C=O) groups excluding carboxylic acids is 1. The normalized spacial score (nSPS) is 10.2. The Labute approximate surface area is 112 Å². The fraction of sp³-hybridized carbons (Fsp3) is 0.583. The highest BCUT2D eigenvalue weighted by Gasteiger charge is 2.04. The van der Waals surface area contributed by atoms with Crippen molar-refractivity contribution in [1.82, 2.24) is 9.97 Å². The Bertz CT molecular complexity index is 399. The number of nitrogens with one attached hydrogen (secondary N) is 1. The quantitative estimate of drug-likeness (QED) is 0.610. The Morgan fingerprint density at radius 1 is 1.44 bits per heavy atom. The van der Waals surface area contributed by atoms with Crippen LogP contribution in [0, 0.1) is 0 Å². The number of halogens is 1. The first-order valence-corrected chi connectivity index (χ1v) is 6.46. The number of anilines is 1. The lowest BCUT2D eigenvalue weighted by atomic mass is 10.3. The maximum Gasteiger partial charge on any atom is 0.307 e. The lowest BCUT2D eigenvalue weighted by Gasteiger charge is -2.07. The molecule has 0 atom stereocenters. The summed E-state index contributed by atoms with van der Waals surface area (Å²) in [4.78, 5) is 19.6. The summed E-state index contributed by atoms with van der Waals surface area (Å²) in [6.45, 7) is 4.71. The van der Waals surface area contributed by atoms with Gasteiger partial charge in [0.25, 0.3) is 0 Å². The summed E-state index contributed by atoms with van der Waals surface area (Å²) < 4.78 is 4.83. The molecule has 18 heavy (non-hydrogen) atoms. The fourth-order valence-electron chi connectivity index (χ4n) is 1.42. The van der Waals surface area contributed by atoms with Crippen molar-refractivity contribution in [2.45, 2.75) is 33.1 Å². The number of ether oxygens (including phenoxy) is 1. The second kappa shape index (κ2) is 7.87. The van der Waals surface area contributed by atoms with Gasteiger partial charge in [0.05, 0.1) is 13.0 Å². The molecule has 1 rings (SSSR count). The van der Waals surface area contributed by atoms with Crippen LogP contribution >= 0.6 is 11.6 Å². The van der Waals surface area contributed by atoms with Gasteiger partial charge >= 0.3 is 5.97 Å². The molecule has 1 heterocycles. The monoisotopic (exact) mass is 271 g/mol. The van der Waals surface area contributed by atoms with Crippen molar-refractivity contribution in [2.24, 2.45) is 0 Å². The molecule has 0 aliphatic heterocycles. The van der Waals surface area contributed by atoms with Gasteiger partial charge in [0.15, 0.2) is 0 Å². The van der Waals surface area contributed by atoms with E-state index in [2.05, 4.69) is 22.2 Å². The molecular weight excluding hydrogens is 254 g/mol. The number of aromatic nitrogens is 2. The lowest BCUT2D eigenvalue weighted by molar-refractivity contribution is -0.142. The molecule has 0 radical (unpaired) electrons. The number of carbonyl (C=O) groups is 1. The van der Waals surface area contributed by atoms with E-state index in [4.69, 9.17) is 16.3 Å². The molecule has 100 valence electrons. The van der Waals surface area contributed by atoms with Crippen molar-refractivity contribution in [2.75, 3.05) is 18.5 Å². The highest BCUT2D eigenvalue weighted by atomic mass is 35.5. The molecule has 0 amide bonds. The summed E-state index contributed by atoms with van der Waals surface area (Å²) in [5.41, 5.74) is 0. The maximum atomic E-state index is 11.1. The second-order valence-corrected chi connectivity index (χ2v) is 4.11. The van der Waals surface area contributed by atoms with E-state index >= 15 is 0 Å². The molecule has 1 aromatic heterocycles. The highest BCUT2D eigenvalue weighted by molar-refractivity contribution is 6.29. The van der Waals surface area contributed by atoms with Crippen LogP contribution in [0.5, 0.6) is 0 Å². The van der Waals surface area contributed by atoms with Gasteiger partial charge in [-0.15, -0.1) is 0 Å².